The van der Waals surface area contributed by atoms with Gasteiger partial charge in [0.05, 0.1) is 16.2 Å². The van der Waals surface area contributed by atoms with Crippen LogP contribution in [-0.4, -0.2) is 34.6 Å². The van der Waals surface area contributed by atoms with Crippen LogP contribution in [0.15, 0.2) is 29.2 Å². The van der Waals surface area contributed by atoms with E-state index in [0.717, 1.165) is 17.7 Å². The molecule has 0 aliphatic carbocycles. The van der Waals surface area contributed by atoms with Crippen molar-refractivity contribution < 1.29 is 9.59 Å². The van der Waals surface area contributed by atoms with E-state index in [4.69, 9.17) is 12.2 Å². The number of hydrogen-bond acceptors (Lipinski definition) is 4. The van der Waals surface area contributed by atoms with Gasteiger partial charge in [0.15, 0.2) is 0 Å². The monoisotopic (exact) mass is 346 g/mol. The Morgan fingerprint density at radius 3 is 2.57 bits per heavy atom. The fourth-order valence-electron chi connectivity index (χ4n) is 2.72. The van der Waals surface area contributed by atoms with Crippen LogP contribution in [0.25, 0.3) is 5.57 Å². The van der Waals surface area contributed by atoms with Crippen molar-refractivity contribution in [1.82, 2.24) is 4.90 Å². The maximum atomic E-state index is 12.8. The first-order valence-corrected chi connectivity index (χ1v) is 8.79. The van der Waals surface area contributed by atoms with E-state index >= 15 is 0 Å². The minimum atomic E-state index is -0.144. The highest BCUT2D eigenvalue weighted by atomic mass is 32.2. The van der Waals surface area contributed by atoms with Crippen LogP contribution in [0.2, 0.25) is 0 Å². The maximum absolute atomic E-state index is 12.8. The van der Waals surface area contributed by atoms with Crippen LogP contribution in [0.5, 0.6) is 0 Å². The molecule has 4 nitrogen and oxygen atoms in total. The zero-order valence-electron chi connectivity index (χ0n) is 13.3. The topological polar surface area (TPSA) is 40.6 Å². The van der Waals surface area contributed by atoms with Crippen molar-refractivity contribution in [2.75, 3.05) is 18.5 Å². The summed E-state index contributed by atoms with van der Waals surface area (Å²) in [6.45, 7) is 4.83. The number of thiocarbonyl (C=S) groups is 1. The van der Waals surface area contributed by atoms with E-state index in [0.29, 0.717) is 27.3 Å². The summed E-state index contributed by atoms with van der Waals surface area (Å²) in [6, 6.07) is 7.54. The number of carbonyl (C=O) groups excluding carboxylic acids is 2. The first-order chi connectivity index (χ1) is 10.9. The Balaban J connectivity index is 2.01. The van der Waals surface area contributed by atoms with Crippen molar-refractivity contribution in [2.24, 2.45) is 5.92 Å². The molecule has 120 valence electrons. The Kier molecular flexibility index (Phi) is 4.29. The molecule has 1 aromatic carbocycles. The number of para-hydroxylation sites is 1. The predicted molar refractivity (Wildman–Crippen MR) is 98.1 cm³/mol. The van der Waals surface area contributed by atoms with Crippen LogP contribution >= 0.6 is 24.0 Å². The lowest BCUT2D eigenvalue weighted by Gasteiger charge is -2.15. The van der Waals surface area contributed by atoms with Gasteiger partial charge in [-0.1, -0.05) is 56.0 Å². The zero-order chi connectivity index (χ0) is 16.7. The molecule has 0 spiro atoms. The minimum Gasteiger partial charge on any atom is -0.311 e. The standard InChI is InChI=1S/C17H18N2O2S2/c1-10(2)8-9-19-16(21)14(23-17(19)22)13-11-6-4-5-7-12(11)18(3)15(13)20/h4-7,10H,8-9H2,1-3H3. The van der Waals surface area contributed by atoms with E-state index in [-0.39, 0.29) is 11.8 Å². The molecule has 2 aliphatic heterocycles. The number of fused-ring (bicyclic) bond motifs is 1. The van der Waals surface area contributed by atoms with Gasteiger partial charge in [0.25, 0.3) is 11.8 Å². The molecule has 2 amide bonds. The van der Waals surface area contributed by atoms with Crippen LogP contribution < -0.4 is 4.90 Å². The quantitative estimate of drug-likeness (QED) is 0.622. The number of nitrogens with zero attached hydrogens (tertiary/aromatic N) is 2. The Hall–Kier alpha value is -1.66. The summed E-state index contributed by atoms with van der Waals surface area (Å²) in [6.07, 6.45) is 0.888. The summed E-state index contributed by atoms with van der Waals surface area (Å²) in [4.78, 5) is 29.1. The van der Waals surface area contributed by atoms with Gasteiger partial charge in [-0.05, 0) is 18.4 Å². The molecule has 6 heteroatoms. The predicted octanol–water partition coefficient (Wildman–Crippen LogP) is 3.28. The van der Waals surface area contributed by atoms with Gasteiger partial charge in [-0.15, -0.1) is 0 Å². The summed E-state index contributed by atoms with van der Waals surface area (Å²) < 4.78 is 0.540. The second-order valence-electron chi connectivity index (χ2n) is 6.09. The molecule has 1 aromatic rings. The highest BCUT2D eigenvalue weighted by Gasteiger charge is 2.40. The van der Waals surface area contributed by atoms with Gasteiger partial charge in [0.2, 0.25) is 0 Å². The van der Waals surface area contributed by atoms with Crippen molar-refractivity contribution in [2.45, 2.75) is 20.3 Å². The van der Waals surface area contributed by atoms with Crippen molar-refractivity contribution in [3.8, 4) is 0 Å². The van der Waals surface area contributed by atoms with E-state index in [1.165, 1.54) is 11.8 Å². The van der Waals surface area contributed by atoms with E-state index in [9.17, 15) is 9.59 Å². The number of rotatable bonds is 3. The molecule has 0 unspecified atom stereocenters. The summed E-state index contributed by atoms with van der Waals surface area (Å²) >= 11 is 6.60. The number of thioether (sulfide) groups is 1. The second-order valence-corrected chi connectivity index (χ2v) is 7.74. The van der Waals surface area contributed by atoms with Gasteiger partial charge in [0.1, 0.15) is 4.32 Å². The van der Waals surface area contributed by atoms with Crippen LogP contribution in [-0.2, 0) is 9.59 Å². The van der Waals surface area contributed by atoms with E-state index in [2.05, 4.69) is 13.8 Å². The van der Waals surface area contributed by atoms with Gasteiger partial charge in [-0.2, -0.15) is 0 Å². The molecule has 0 saturated carbocycles. The highest BCUT2D eigenvalue weighted by Crippen LogP contribution is 2.43. The van der Waals surface area contributed by atoms with Crippen LogP contribution in [0, 0.1) is 5.92 Å². The molecular weight excluding hydrogens is 328 g/mol. The largest absolute Gasteiger partial charge is 0.311 e. The summed E-state index contributed by atoms with van der Waals surface area (Å²) in [5.74, 6) is 0.205. The molecule has 0 N–H and O–H groups in total. The van der Waals surface area contributed by atoms with Crippen molar-refractivity contribution >= 4 is 51.4 Å². The summed E-state index contributed by atoms with van der Waals surface area (Å²) in [5, 5.41) is 0. The highest BCUT2D eigenvalue weighted by molar-refractivity contribution is 8.26. The molecule has 2 heterocycles. The number of benzene rings is 1. The maximum Gasteiger partial charge on any atom is 0.267 e. The third kappa shape index (κ3) is 2.70. The third-order valence-corrected chi connectivity index (χ3v) is 5.51. The summed E-state index contributed by atoms with van der Waals surface area (Å²) in [7, 11) is 1.73. The van der Waals surface area contributed by atoms with E-state index < -0.39 is 0 Å². The van der Waals surface area contributed by atoms with E-state index in [1.807, 2.05) is 24.3 Å². The molecule has 3 rings (SSSR count). The first kappa shape index (κ1) is 16.2. The summed E-state index contributed by atoms with van der Waals surface area (Å²) in [5.41, 5.74) is 2.12. The van der Waals surface area contributed by atoms with E-state index in [1.54, 1.807) is 16.8 Å². The lowest BCUT2D eigenvalue weighted by molar-refractivity contribution is -0.122. The Bertz CT molecular complexity index is 740. The van der Waals surface area contributed by atoms with Crippen LogP contribution in [0.3, 0.4) is 0 Å². The fourth-order valence-corrected chi connectivity index (χ4v) is 4.10. The Morgan fingerprint density at radius 1 is 1.17 bits per heavy atom. The number of hydrogen-bond donors (Lipinski definition) is 0. The van der Waals surface area contributed by atoms with Gasteiger partial charge in [-0.3, -0.25) is 14.5 Å². The number of carbonyl (C=O) groups is 2. The molecule has 0 aromatic heterocycles. The molecule has 0 bridgehead atoms. The Morgan fingerprint density at radius 2 is 1.87 bits per heavy atom. The van der Waals surface area contributed by atoms with Gasteiger partial charge in [0, 0.05) is 19.2 Å². The van der Waals surface area contributed by atoms with Crippen LogP contribution in [0.4, 0.5) is 5.69 Å². The van der Waals surface area contributed by atoms with Crippen molar-refractivity contribution in [3.05, 3.63) is 34.7 Å². The van der Waals surface area contributed by atoms with Gasteiger partial charge in [-0.25, -0.2) is 0 Å². The fraction of sp³-hybridized carbons (Fsp3) is 0.353. The average Bonchev–Trinajstić information content (AvgIpc) is 2.93. The molecule has 0 radical (unpaired) electrons. The minimum absolute atomic E-state index is 0.143. The zero-order valence-corrected chi connectivity index (χ0v) is 15.0. The first-order valence-electron chi connectivity index (χ1n) is 7.57. The number of anilines is 1. The average molecular weight is 346 g/mol. The molecule has 0 atom stereocenters. The van der Waals surface area contributed by atoms with Crippen molar-refractivity contribution in [1.29, 1.82) is 0 Å². The SMILES string of the molecule is CC(C)CCN1C(=O)C(=C2C(=O)N(C)c3ccccc32)SC1=S. The normalized spacial score (nSPS) is 21.0. The van der Waals surface area contributed by atoms with Crippen LogP contribution in [0.1, 0.15) is 25.8 Å². The van der Waals surface area contributed by atoms with Crippen molar-refractivity contribution in [3.63, 3.8) is 0 Å². The third-order valence-electron chi connectivity index (χ3n) is 4.06. The smallest absolute Gasteiger partial charge is 0.267 e. The Labute approximate surface area is 145 Å². The number of likely N-dealkylation sites (N-methyl/N-ethyl adjacent to an activating group) is 1. The molecular formula is C17H18N2O2S2. The molecule has 1 fully saturated rings. The lowest BCUT2D eigenvalue weighted by Crippen LogP contribution is -2.30. The van der Waals surface area contributed by atoms with Gasteiger partial charge >= 0.3 is 0 Å². The molecule has 2 aliphatic rings. The van der Waals surface area contributed by atoms with Gasteiger partial charge < -0.3 is 4.90 Å². The number of amides is 2. The lowest BCUT2D eigenvalue weighted by atomic mass is 10.1. The molecule has 23 heavy (non-hydrogen) atoms. The molecule has 1 saturated heterocycles. The second kappa shape index (κ2) is 6.09.